The van der Waals surface area contributed by atoms with Crippen molar-refractivity contribution in [1.82, 2.24) is 10.3 Å². The number of piperidine rings is 1. The van der Waals surface area contributed by atoms with Crippen LogP contribution in [0.5, 0.6) is 0 Å². The van der Waals surface area contributed by atoms with Gasteiger partial charge in [0.2, 0.25) is 0 Å². The molecule has 1 N–H and O–H groups in total. The second-order valence-corrected chi connectivity index (χ2v) is 6.39. The topological polar surface area (TPSA) is 41.3 Å². The summed E-state index contributed by atoms with van der Waals surface area (Å²) in [5.41, 5.74) is 1.10. The molecule has 18 heavy (non-hydrogen) atoms. The fourth-order valence-electron chi connectivity index (χ4n) is 2.08. The van der Waals surface area contributed by atoms with Gasteiger partial charge in [-0.05, 0) is 39.5 Å². The van der Waals surface area contributed by atoms with Crippen LogP contribution in [0.3, 0.4) is 0 Å². The lowest BCUT2D eigenvalue weighted by Crippen LogP contribution is -2.35. The van der Waals surface area contributed by atoms with Crippen molar-refractivity contribution in [2.75, 3.05) is 18.0 Å². The monoisotopic (exact) mass is 251 g/mol. The van der Waals surface area contributed by atoms with Gasteiger partial charge in [-0.25, -0.2) is 0 Å². The molecule has 0 bridgehead atoms. The zero-order chi connectivity index (χ0) is 13.2. The molecule has 1 aliphatic rings. The lowest BCUT2D eigenvalue weighted by molar-refractivity contribution is 0.413. The zero-order valence-electron chi connectivity index (χ0n) is 12.0. The Morgan fingerprint density at radius 2 is 2.06 bits per heavy atom. The standard InChI is InChI=1S/C14H25N3O/c1-11-5-7-17(8-6-11)13-16-12(10-18-13)9-15-14(2,3)4/h10-11,15H,5-9H2,1-4H3. The first-order chi connectivity index (χ1) is 8.44. The molecule has 0 aliphatic carbocycles. The van der Waals surface area contributed by atoms with E-state index in [0.29, 0.717) is 0 Å². The first kappa shape index (κ1) is 13.4. The molecular formula is C14H25N3O. The number of hydrogen-bond acceptors (Lipinski definition) is 4. The quantitative estimate of drug-likeness (QED) is 0.897. The van der Waals surface area contributed by atoms with Crippen LogP contribution in [-0.4, -0.2) is 23.6 Å². The van der Waals surface area contributed by atoms with E-state index < -0.39 is 0 Å². The summed E-state index contributed by atoms with van der Waals surface area (Å²) in [6, 6.07) is 0.785. The molecule has 0 saturated carbocycles. The Bertz CT molecular complexity index is 373. The van der Waals surface area contributed by atoms with Crippen LogP contribution < -0.4 is 10.2 Å². The van der Waals surface area contributed by atoms with E-state index in [1.807, 2.05) is 0 Å². The molecular weight excluding hydrogens is 226 g/mol. The molecule has 0 atom stereocenters. The van der Waals surface area contributed by atoms with Crippen LogP contribution in [0.2, 0.25) is 0 Å². The lowest BCUT2D eigenvalue weighted by Gasteiger charge is -2.28. The van der Waals surface area contributed by atoms with Crippen LogP contribution in [0.25, 0.3) is 0 Å². The highest BCUT2D eigenvalue weighted by molar-refractivity contribution is 5.27. The van der Waals surface area contributed by atoms with Crippen molar-refractivity contribution in [3.05, 3.63) is 12.0 Å². The number of nitrogens with one attached hydrogen (secondary N) is 1. The maximum absolute atomic E-state index is 5.58. The predicted molar refractivity (Wildman–Crippen MR) is 73.7 cm³/mol. The van der Waals surface area contributed by atoms with E-state index in [9.17, 15) is 0 Å². The zero-order valence-corrected chi connectivity index (χ0v) is 12.0. The third kappa shape index (κ3) is 3.73. The van der Waals surface area contributed by atoms with E-state index in [-0.39, 0.29) is 5.54 Å². The summed E-state index contributed by atoms with van der Waals surface area (Å²) in [7, 11) is 0. The van der Waals surface area contributed by atoms with Crippen molar-refractivity contribution in [2.45, 2.75) is 52.6 Å². The summed E-state index contributed by atoms with van der Waals surface area (Å²) < 4.78 is 5.58. The van der Waals surface area contributed by atoms with Crippen LogP contribution >= 0.6 is 0 Å². The van der Waals surface area contributed by atoms with Gasteiger partial charge in [-0.15, -0.1) is 0 Å². The molecule has 1 aromatic rings. The number of hydrogen-bond donors (Lipinski definition) is 1. The first-order valence-corrected chi connectivity index (χ1v) is 6.88. The Labute approximate surface area is 110 Å². The fraction of sp³-hybridized carbons (Fsp3) is 0.786. The van der Waals surface area contributed by atoms with Gasteiger partial charge >= 0.3 is 0 Å². The Kier molecular flexibility index (Phi) is 3.95. The van der Waals surface area contributed by atoms with Gasteiger partial charge in [0.25, 0.3) is 6.01 Å². The van der Waals surface area contributed by atoms with Gasteiger partial charge in [-0.1, -0.05) is 6.92 Å². The summed E-state index contributed by atoms with van der Waals surface area (Å²) in [4.78, 5) is 6.81. The molecule has 1 saturated heterocycles. The molecule has 1 aromatic heterocycles. The normalized spacial score (nSPS) is 18.3. The minimum atomic E-state index is 0.111. The van der Waals surface area contributed by atoms with Crippen LogP contribution in [0.4, 0.5) is 6.01 Å². The SMILES string of the molecule is CC1CCN(c2nc(CNC(C)(C)C)co2)CC1. The van der Waals surface area contributed by atoms with E-state index >= 15 is 0 Å². The van der Waals surface area contributed by atoms with E-state index in [1.165, 1.54) is 12.8 Å². The Morgan fingerprint density at radius 1 is 1.39 bits per heavy atom. The third-order valence-electron chi connectivity index (χ3n) is 3.39. The summed E-state index contributed by atoms with van der Waals surface area (Å²) >= 11 is 0. The highest BCUT2D eigenvalue weighted by Gasteiger charge is 2.20. The van der Waals surface area contributed by atoms with Gasteiger partial charge in [0, 0.05) is 25.2 Å². The molecule has 1 fully saturated rings. The van der Waals surface area contributed by atoms with Gasteiger partial charge in [-0.2, -0.15) is 4.98 Å². The molecule has 1 aliphatic heterocycles. The minimum absolute atomic E-state index is 0.111. The molecule has 0 spiro atoms. The Hall–Kier alpha value is -1.03. The lowest BCUT2D eigenvalue weighted by atomic mass is 10.00. The smallest absolute Gasteiger partial charge is 0.297 e. The summed E-state index contributed by atoms with van der Waals surface area (Å²) in [6.07, 6.45) is 4.24. The van der Waals surface area contributed by atoms with Crippen molar-refractivity contribution in [3.8, 4) is 0 Å². The van der Waals surface area contributed by atoms with Crippen LogP contribution in [0.1, 0.15) is 46.2 Å². The number of anilines is 1. The second kappa shape index (κ2) is 5.31. The summed E-state index contributed by atoms with van der Waals surface area (Å²) in [5, 5.41) is 3.42. The van der Waals surface area contributed by atoms with Gasteiger partial charge in [-0.3, -0.25) is 0 Å². The van der Waals surface area contributed by atoms with Gasteiger partial charge in [0.15, 0.2) is 0 Å². The summed E-state index contributed by atoms with van der Waals surface area (Å²) in [6.45, 7) is 11.7. The molecule has 0 unspecified atom stereocenters. The number of aromatic nitrogens is 1. The average molecular weight is 251 g/mol. The molecule has 4 nitrogen and oxygen atoms in total. The van der Waals surface area contributed by atoms with E-state index in [1.54, 1.807) is 6.26 Å². The van der Waals surface area contributed by atoms with E-state index in [2.05, 4.69) is 42.9 Å². The second-order valence-electron chi connectivity index (χ2n) is 6.39. The van der Waals surface area contributed by atoms with Crippen LogP contribution in [-0.2, 0) is 6.54 Å². The fourth-order valence-corrected chi connectivity index (χ4v) is 2.08. The van der Waals surface area contributed by atoms with Gasteiger partial charge in [0.05, 0.1) is 5.69 Å². The number of nitrogens with zero attached hydrogens (tertiary/aromatic N) is 2. The maximum Gasteiger partial charge on any atom is 0.297 e. The van der Waals surface area contributed by atoms with Gasteiger partial charge < -0.3 is 14.6 Å². The largest absolute Gasteiger partial charge is 0.432 e. The molecule has 102 valence electrons. The number of oxazole rings is 1. The molecule has 0 amide bonds. The minimum Gasteiger partial charge on any atom is -0.432 e. The predicted octanol–water partition coefficient (Wildman–Crippen LogP) is 2.80. The first-order valence-electron chi connectivity index (χ1n) is 6.88. The Morgan fingerprint density at radius 3 is 2.67 bits per heavy atom. The molecule has 0 radical (unpaired) electrons. The van der Waals surface area contributed by atoms with Crippen LogP contribution in [0, 0.1) is 5.92 Å². The third-order valence-corrected chi connectivity index (χ3v) is 3.39. The van der Waals surface area contributed by atoms with E-state index in [0.717, 1.165) is 37.3 Å². The summed E-state index contributed by atoms with van der Waals surface area (Å²) in [5.74, 6) is 0.832. The molecule has 2 heterocycles. The van der Waals surface area contributed by atoms with Gasteiger partial charge in [0.1, 0.15) is 6.26 Å². The van der Waals surface area contributed by atoms with Crippen molar-refractivity contribution in [2.24, 2.45) is 5.92 Å². The van der Waals surface area contributed by atoms with Crippen molar-refractivity contribution in [3.63, 3.8) is 0 Å². The molecule has 2 rings (SSSR count). The van der Waals surface area contributed by atoms with E-state index in [4.69, 9.17) is 4.42 Å². The number of rotatable bonds is 3. The molecule has 0 aromatic carbocycles. The van der Waals surface area contributed by atoms with Crippen LogP contribution in [0.15, 0.2) is 10.7 Å². The van der Waals surface area contributed by atoms with Crippen molar-refractivity contribution < 1.29 is 4.42 Å². The van der Waals surface area contributed by atoms with Crippen molar-refractivity contribution in [1.29, 1.82) is 0 Å². The average Bonchev–Trinajstić information content (AvgIpc) is 2.75. The van der Waals surface area contributed by atoms with Crippen molar-refractivity contribution >= 4 is 6.01 Å². The Balaban J connectivity index is 1.90. The highest BCUT2D eigenvalue weighted by Crippen LogP contribution is 2.22. The molecule has 4 heteroatoms. The highest BCUT2D eigenvalue weighted by atomic mass is 16.4. The maximum atomic E-state index is 5.58.